The molecule has 0 atom stereocenters. The molecule has 0 saturated heterocycles. The summed E-state index contributed by atoms with van der Waals surface area (Å²) in [5.41, 5.74) is 13.3. The van der Waals surface area contributed by atoms with E-state index in [1.165, 1.54) is 0 Å². The lowest BCUT2D eigenvalue weighted by atomic mass is 9.60. The van der Waals surface area contributed by atoms with Crippen molar-refractivity contribution in [1.29, 1.82) is 5.26 Å². The minimum absolute atomic E-state index is 0.405. The number of nitrogens with zero attached hydrogens (tertiary/aromatic N) is 6. The van der Waals surface area contributed by atoms with Gasteiger partial charge in [0.1, 0.15) is 5.52 Å². The molecule has 0 unspecified atom stereocenters. The standard InChI is InChI=1S/C34H27N7O/c35-18-21-5-4-8-24(17-21)31-40-39-28-16-15-27-32(41(28)31)38-30(22-6-2-1-3-7-22)29(37-27)23-9-11-25(12-10-23)33(36)19-34(42,20-33)26-13-14-26/h1-12,15-17,26,42H,13-14,19-20,36H2/t33-,34-. The first-order valence-electron chi connectivity index (χ1n) is 14.2. The highest BCUT2D eigenvalue weighted by Gasteiger charge is 2.58. The lowest BCUT2D eigenvalue weighted by molar-refractivity contribution is -0.106. The van der Waals surface area contributed by atoms with E-state index in [0.29, 0.717) is 47.0 Å². The van der Waals surface area contributed by atoms with Crippen LogP contribution in [-0.2, 0) is 5.54 Å². The van der Waals surface area contributed by atoms with Crippen molar-refractivity contribution in [2.24, 2.45) is 11.7 Å². The van der Waals surface area contributed by atoms with E-state index in [0.717, 1.165) is 46.5 Å². The Bertz CT molecular complexity index is 2030. The molecule has 3 heterocycles. The van der Waals surface area contributed by atoms with Gasteiger partial charge in [-0.1, -0.05) is 66.7 Å². The van der Waals surface area contributed by atoms with Crippen molar-refractivity contribution in [1.82, 2.24) is 24.6 Å². The van der Waals surface area contributed by atoms with Crippen LogP contribution in [0.15, 0.2) is 91.0 Å². The van der Waals surface area contributed by atoms with Crippen molar-refractivity contribution in [3.8, 4) is 40.0 Å². The molecule has 2 fully saturated rings. The maximum atomic E-state index is 10.9. The molecule has 3 aromatic heterocycles. The molecule has 8 heteroatoms. The summed E-state index contributed by atoms with van der Waals surface area (Å²) in [6.45, 7) is 0. The van der Waals surface area contributed by atoms with Crippen LogP contribution in [0.5, 0.6) is 0 Å². The van der Waals surface area contributed by atoms with Crippen molar-refractivity contribution in [3.63, 3.8) is 0 Å². The van der Waals surface area contributed by atoms with Gasteiger partial charge in [-0.25, -0.2) is 9.97 Å². The van der Waals surface area contributed by atoms with Crippen molar-refractivity contribution < 1.29 is 5.11 Å². The first-order valence-corrected chi connectivity index (χ1v) is 14.2. The van der Waals surface area contributed by atoms with Gasteiger partial charge in [0.05, 0.1) is 28.6 Å². The fourth-order valence-corrected chi connectivity index (χ4v) is 6.51. The summed E-state index contributed by atoms with van der Waals surface area (Å²) in [7, 11) is 0. The minimum atomic E-state index is -0.611. The van der Waals surface area contributed by atoms with Crippen LogP contribution in [0.3, 0.4) is 0 Å². The molecule has 42 heavy (non-hydrogen) atoms. The first kappa shape index (κ1) is 24.8. The predicted molar refractivity (Wildman–Crippen MR) is 160 cm³/mol. The molecule has 2 saturated carbocycles. The van der Waals surface area contributed by atoms with Crippen LogP contribution in [0, 0.1) is 17.2 Å². The number of hydrogen-bond acceptors (Lipinski definition) is 7. The number of fused-ring (bicyclic) bond motifs is 3. The Labute approximate surface area is 242 Å². The monoisotopic (exact) mass is 549 g/mol. The van der Waals surface area contributed by atoms with Crippen molar-refractivity contribution in [3.05, 3.63) is 102 Å². The molecule has 2 aliphatic rings. The van der Waals surface area contributed by atoms with E-state index in [1.807, 2.05) is 59.0 Å². The number of benzene rings is 3. The van der Waals surface area contributed by atoms with E-state index in [4.69, 9.17) is 15.7 Å². The van der Waals surface area contributed by atoms with E-state index >= 15 is 0 Å². The van der Waals surface area contributed by atoms with Crippen molar-refractivity contribution >= 4 is 16.8 Å². The summed E-state index contributed by atoms with van der Waals surface area (Å²) in [5.74, 6) is 1.00. The molecular formula is C34H27N7O. The quantitative estimate of drug-likeness (QED) is 0.285. The minimum Gasteiger partial charge on any atom is -0.389 e. The normalized spacial score (nSPS) is 21.7. The molecule has 204 valence electrons. The van der Waals surface area contributed by atoms with Crippen LogP contribution >= 0.6 is 0 Å². The molecule has 0 bridgehead atoms. The SMILES string of the molecule is N#Cc1cccc(-c2nnc3ccc4nc(-c5ccc([C@]6(N)C[C@@](O)(C7CC7)C6)cc5)c(-c5ccccc5)nc4n23)c1. The summed E-state index contributed by atoms with van der Waals surface area (Å²) in [6, 6.07) is 31.5. The van der Waals surface area contributed by atoms with E-state index in [9.17, 15) is 10.4 Å². The van der Waals surface area contributed by atoms with E-state index in [2.05, 4.69) is 40.5 Å². The Kier molecular flexibility index (Phi) is 5.32. The lowest BCUT2D eigenvalue weighted by Gasteiger charge is -2.52. The average Bonchev–Trinajstić information content (AvgIpc) is 3.79. The summed E-state index contributed by atoms with van der Waals surface area (Å²) in [4.78, 5) is 10.3. The molecule has 3 N–H and O–H groups in total. The Morgan fingerprint density at radius 3 is 2.26 bits per heavy atom. The lowest BCUT2D eigenvalue weighted by Crippen LogP contribution is -2.60. The van der Waals surface area contributed by atoms with Crippen LogP contribution in [0.25, 0.3) is 50.7 Å². The zero-order valence-corrected chi connectivity index (χ0v) is 22.8. The van der Waals surface area contributed by atoms with E-state index in [-0.39, 0.29) is 0 Å². The smallest absolute Gasteiger partial charge is 0.170 e. The van der Waals surface area contributed by atoms with E-state index in [1.54, 1.807) is 12.1 Å². The predicted octanol–water partition coefficient (Wildman–Crippen LogP) is 5.63. The first-order chi connectivity index (χ1) is 20.4. The summed E-state index contributed by atoms with van der Waals surface area (Å²) >= 11 is 0. The molecule has 6 aromatic rings. The van der Waals surface area contributed by atoms with Gasteiger partial charge in [0.15, 0.2) is 17.1 Å². The van der Waals surface area contributed by atoms with Gasteiger partial charge in [0.2, 0.25) is 0 Å². The molecule has 0 spiro atoms. The third kappa shape index (κ3) is 3.90. The molecule has 8 rings (SSSR count). The zero-order chi connectivity index (χ0) is 28.5. The van der Waals surface area contributed by atoms with Crippen LogP contribution < -0.4 is 5.73 Å². The van der Waals surface area contributed by atoms with E-state index < -0.39 is 11.1 Å². The van der Waals surface area contributed by atoms with Gasteiger partial charge < -0.3 is 10.8 Å². The van der Waals surface area contributed by atoms with Gasteiger partial charge in [0.25, 0.3) is 0 Å². The highest BCUT2D eigenvalue weighted by molar-refractivity contribution is 5.87. The largest absolute Gasteiger partial charge is 0.389 e. The van der Waals surface area contributed by atoms with Gasteiger partial charge in [0, 0.05) is 22.2 Å². The second-order valence-corrected chi connectivity index (χ2v) is 11.7. The highest BCUT2D eigenvalue weighted by Crippen LogP contribution is 2.57. The number of pyridine rings is 1. The van der Waals surface area contributed by atoms with Crippen LogP contribution in [0.1, 0.15) is 36.8 Å². The zero-order valence-electron chi connectivity index (χ0n) is 22.8. The second kappa shape index (κ2) is 9.02. The average molecular weight is 550 g/mol. The van der Waals surface area contributed by atoms with Crippen molar-refractivity contribution in [2.45, 2.75) is 36.8 Å². The fourth-order valence-electron chi connectivity index (χ4n) is 6.51. The summed E-state index contributed by atoms with van der Waals surface area (Å²) in [5, 5.41) is 29.2. The number of aromatic nitrogens is 5. The fraction of sp³-hybridized carbons (Fsp3) is 0.206. The number of rotatable bonds is 5. The van der Waals surface area contributed by atoms with Gasteiger partial charge in [-0.05, 0) is 61.4 Å². The maximum absolute atomic E-state index is 10.9. The molecule has 8 nitrogen and oxygen atoms in total. The molecular weight excluding hydrogens is 522 g/mol. The molecule has 3 aromatic carbocycles. The topological polar surface area (TPSA) is 126 Å². The number of hydrogen-bond donors (Lipinski definition) is 2. The summed E-state index contributed by atoms with van der Waals surface area (Å²) < 4.78 is 1.90. The van der Waals surface area contributed by atoms with Crippen LogP contribution in [0.4, 0.5) is 0 Å². The van der Waals surface area contributed by atoms with Crippen molar-refractivity contribution in [2.75, 3.05) is 0 Å². The van der Waals surface area contributed by atoms with Gasteiger partial charge in [-0.15, -0.1) is 10.2 Å². The Morgan fingerprint density at radius 2 is 1.52 bits per heavy atom. The van der Waals surface area contributed by atoms with Crippen LogP contribution in [0.2, 0.25) is 0 Å². The Morgan fingerprint density at radius 1 is 0.810 bits per heavy atom. The van der Waals surface area contributed by atoms with Crippen LogP contribution in [-0.4, -0.2) is 35.3 Å². The molecule has 2 aliphatic carbocycles. The molecule has 0 amide bonds. The second-order valence-electron chi connectivity index (χ2n) is 11.7. The molecule has 0 radical (unpaired) electrons. The molecule has 0 aliphatic heterocycles. The number of nitrogens with two attached hydrogens (primary N) is 1. The van der Waals surface area contributed by atoms with Gasteiger partial charge >= 0.3 is 0 Å². The Hall–Kier alpha value is -4.97. The summed E-state index contributed by atoms with van der Waals surface area (Å²) in [6.07, 6.45) is 3.40. The third-order valence-electron chi connectivity index (χ3n) is 8.80. The van der Waals surface area contributed by atoms with Gasteiger partial charge in [-0.3, -0.25) is 4.40 Å². The van der Waals surface area contributed by atoms with Gasteiger partial charge in [-0.2, -0.15) is 5.26 Å². The Balaban J connectivity index is 1.27. The highest BCUT2D eigenvalue weighted by atomic mass is 16.3. The number of aliphatic hydroxyl groups is 1. The maximum Gasteiger partial charge on any atom is 0.170 e. The number of nitriles is 1. The third-order valence-corrected chi connectivity index (χ3v) is 8.80.